The number of aliphatic hydroxyl groups excluding tert-OH is 1. The van der Waals surface area contributed by atoms with Gasteiger partial charge in [-0.05, 0) is 30.7 Å². The van der Waals surface area contributed by atoms with Gasteiger partial charge in [0, 0.05) is 26.3 Å². The molecule has 0 bridgehead atoms. The zero-order valence-corrected chi connectivity index (χ0v) is 15.8. The summed E-state index contributed by atoms with van der Waals surface area (Å²) in [5.74, 6) is 0. The van der Waals surface area contributed by atoms with Crippen molar-refractivity contribution < 1.29 is 5.11 Å². The molecule has 0 fully saturated rings. The quantitative estimate of drug-likeness (QED) is 0.592. The Bertz CT molecular complexity index is 1060. The van der Waals surface area contributed by atoms with Crippen molar-refractivity contribution in [2.75, 3.05) is 11.4 Å². The zero-order chi connectivity index (χ0) is 18.4. The number of anilines is 1. The number of nitrogens with zero attached hydrogens (tertiary/aromatic N) is 6. The molecule has 27 heavy (non-hydrogen) atoms. The molecule has 1 atom stereocenters. The predicted molar refractivity (Wildman–Crippen MR) is 105 cm³/mol. The van der Waals surface area contributed by atoms with E-state index in [0.29, 0.717) is 5.69 Å². The second-order valence-corrected chi connectivity index (χ2v) is 7.81. The number of rotatable bonds is 3. The zero-order valence-electron chi connectivity index (χ0n) is 15.0. The minimum absolute atomic E-state index is 0.666. The summed E-state index contributed by atoms with van der Waals surface area (Å²) in [4.78, 5) is 7.11. The number of aromatic nitrogens is 5. The molecule has 0 aliphatic carbocycles. The highest BCUT2D eigenvalue weighted by atomic mass is 32.1. The van der Waals surface area contributed by atoms with Gasteiger partial charge in [0.25, 0.3) is 0 Å². The van der Waals surface area contributed by atoms with Crippen molar-refractivity contribution in [3.63, 3.8) is 0 Å². The molecule has 0 amide bonds. The lowest BCUT2D eigenvalue weighted by atomic mass is 10.2. The SMILES string of the molecule is Cn1nccc1[C@@H](O)c1cc2n(n1)CCCN(c1nc3ccccc3s1)C2. The normalized spacial score (nSPS) is 15.7. The molecule has 0 spiro atoms. The molecule has 5 rings (SSSR count). The summed E-state index contributed by atoms with van der Waals surface area (Å²) in [7, 11) is 1.83. The van der Waals surface area contributed by atoms with Crippen molar-refractivity contribution in [1.82, 2.24) is 24.5 Å². The second kappa shape index (κ2) is 6.47. The molecule has 1 aliphatic heterocycles. The van der Waals surface area contributed by atoms with Gasteiger partial charge in [0.1, 0.15) is 6.10 Å². The lowest BCUT2D eigenvalue weighted by molar-refractivity contribution is 0.203. The van der Waals surface area contributed by atoms with Crippen LogP contribution in [0.15, 0.2) is 42.6 Å². The highest BCUT2D eigenvalue weighted by molar-refractivity contribution is 7.22. The summed E-state index contributed by atoms with van der Waals surface area (Å²) in [6.07, 6.45) is 1.91. The number of thiazole rings is 1. The van der Waals surface area contributed by atoms with Crippen LogP contribution in [0.3, 0.4) is 0 Å². The fraction of sp³-hybridized carbons (Fsp3) is 0.316. The van der Waals surface area contributed by atoms with Gasteiger partial charge in [0.2, 0.25) is 0 Å². The molecule has 4 aromatic rings. The highest BCUT2D eigenvalue weighted by Crippen LogP contribution is 2.31. The Balaban J connectivity index is 1.45. The number of fused-ring (bicyclic) bond motifs is 2. The Labute approximate surface area is 160 Å². The summed E-state index contributed by atoms with van der Waals surface area (Å²) in [6, 6.07) is 12.1. The molecular weight excluding hydrogens is 360 g/mol. The third-order valence-electron chi connectivity index (χ3n) is 5.01. The monoisotopic (exact) mass is 380 g/mol. The Kier molecular flexibility index (Phi) is 3.95. The maximum atomic E-state index is 10.7. The van der Waals surface area contributed by atoms with Gasteiger partial charge in [0.15, 0.2) is 5.13 Å². The van der Waals surface area contributed by atoms with E-state index in [2.05, 4.69) is 27.2 Å². The molecule has 7 nitrogen and oxygen atoms in total. The van der Waals surface area contributed by atoms with Crippen molar-refractivity contribution in [1.29, 1.82) is 0 Å². The van der Waals surface area contributed by atoms with Gasteiger partial charge in [-0.15, -0.1) is 0 Å². The third-order valence-corrected chi connectivity index (χ3v) is 6.10. The van der Waals surface area contributed by atoms with Crippen LogP contribution in [0.25, 0.3) is 10.2 Å². The van der Waals surface area contributed by atoms with E-state index in [0.717, 1.165) is 48.1 Å². The van der Waals surface area contributed by atoms with E-state index in [4.69, 9.17) is 4.98 Å². The van der Waals surface area contributed by atoms with Gasteiger partial charge < -0.3 is 10.0 Å². The van der Waals surface area contributed by atoms with Gasteiger partial charge in [-0.3, -0.25) is 9.36 Å². The molecule has 138 valence electrons. The smallest absolute Gasteiger partial charge is 0.186 e. The van der Waals surface area contributed by atoms with Gasteiger partial charge in [-0.1, -0.05) is 23.5 Å². The number of benzene rings is 1. The minimum Gasteiger partial charge on any atom is -0.380 e. The van der Waals surface area contributed by atoms with Crippen LogP contribution in [-0.4, -0.2) is 36.2 Å². The van der Waals surface area contributed by atoms with Crippen LogP contribution in [0.5, 0.6) is 0 Å². The Morgan fingerprint density at radius 1 is 1.19 bits per heavy atom. The van der Waals surface area contributed by atoms with E-state index in [1.54, 1.807) is 22.2 Å². The number of hydrogen-bond donors (Lipinski definition) is 1. The molecule has 0 unspecified atom stereocenters. The molecule has 0 saturated carbocycles. The first-order chi connectivity index (χ1) is 13.2. The lowest BCUT2D eigenvalue weighted by Crippen LogP contribution is -2.22. The fourth-order valence-corrected chi connectivity index (χ4v) is 4.57. The van der Waals surface area contributed by atoms with E-state index in [9.17, 15) is 5.11 Å². The molecule has 0 radical (unpaired) electrons. The van der Waals surface area contributed by atoms with Crippen LogP contribution in [0.2, 0.25) is 0 Å². The van der Waals surface area contributed by atoms with Crippen LogP contribution in [0, 0.1) is 0 Å². The van der Waals surface area contributed by atoms with Crippen molar-refractivity contribution in [3.05, 3.63) is 59.7 Å². The Morgan fingerprint density at radius 2 is 2.07 bits per heavy atom. The first-order valence-electron chi connectivity index (χ1n) is 9.02. The average molecular weight is 380 g/mol. The first kappa shape index (κ1) is 16.5. The molecule has 8 heteroatoms. The lowest BCUT2D eigenvalue weighted by Gasteiger charge is -2.18. The topological polar surface area (TPSA) is 72.0 Å². The number of aliphatic hydroxyl groups is 1. The average Bonchev–Trinajstić information content (AvgIpc) is 3.36. The van der Waals surface area contributed by atoms with Crippen LogP contribution < -0.4 is 4.90 Å². The maximum Gasteiger partial charge on any atom is 0.186 e. The first-order valence-corrected chi connectivity index (χ1v) is 9.84. The van der Waals surface area contributed by atoms with E-state index in [1.165, 1.54) is 4.70 Å². The molecule has 1 aromatic carbocycles. The Morgan fingerprint density at radius 3 is 2.89 bits per heavy atom. The molecule has 1 N–H and O–H groups in total. The van der Waals surface area contributed by atoms with Gasteiger partial charge in [-0.25, -0.2) is 4.98 Å². The summed E-state index contributed by atoms with van der Waals surface area (Å²) < 4.78 is 4.91. The molecule has 1 aliphatic rings. The summed E-state index contributed by atoms with van der Waals surface area (Å²) in [5.41, 5.74) is 3.55. The van der Waals surface area contributed by atoms with E-state index < -0.39 is 6.10 Å². The van der Waals surface area contributed by atoms with Crippen LogP contribution in [0.4, 0.5) is 5.13 Å². The highest BCUT2D eigenvalue weighted by Gasteiger charge is 2.23. The largest absolute Gasteiger partial charge is 0.380 e. The molecule has 4 heterocycles. The van der Waals surface area contributed by atoms with E-state index in [-0.39, 0.29) is 0 Å². The molecule has 0 saturated heterocycles. The van der Waals surface area contributed by atoms with Gasteiger partial charge >= 0.3 is 0 Å². The number of aryl methyl sites for hydroxylation is 2. The van der Waals surface area contributed by atoms with Crippen molar-refractivity contribution in [3.8, 4) is 0 Å². The van der Waals surface area contributed by atoms with Crippen LogP contribution in [0.1, 0.15) is 29.6 Å². The second-order valence-electron chi connectivity index (χ2n) is 6.81. The minimum atomic E-state index is -0.771. The van der Waals surface area contributed by atoms with Crippen molar-refractivity contribution in [2.45, 2.75) is 25.6 Å². The van der Waals surface area contributed by atoms with E-state index in [1.807, 2.05) is 36.0 Å². The van der Waals surface area contributed by atoms with Crippen LogP contribution >= 0.6 is 11.3 Å². The molecular formula is C19H20N6OS. The summed E-state index contributed by atoms with van der Waals surface area (Å²) >= 11 is 1.72. The summed E-state index contributed by atoms with van der Waals surface area (Å²) in [5, 5.41) is 20.5. The maximum absolute atomic E-state index is 10.7. The predicted octanol–water partition coefficient (Wildman–Crippen LogP) is 2.72. The van der Waals surface area contributed by atoms with Gasteiger partial charge in [-0.2, -0.15) is 10.2 Å². The summed E-state index contributed by atoms with van der Waals surface area (Å²) in [6.45, 7) is 2.53. The number of para-hydroxylation sites is 1. The fourth-order valence-electron chi connectivity index (χ4n) is 3.58. The standard InChI is InChI=1S/C19H20N6OS/c1-23-16(7-8-20-23)18(26)15-11-13-12-24(9-4-10-25(13)22-15)19-21-14-5-2-3-6-17(14)27-19/h2-3,5-8,11,18,26H,4,9-10,12H2,1H3/t18-/m0/s1. The van der Waals surface area contributed by atoms with Gasteiger partial charge in [0.05, 0.1) is 33.8 Å². The molecule has 3 aromatic heterocycles. The number of hydrogen-bond acceptors (Lipinski definition) is 6. The van der Waals surface area contributed by atoms with E-state index >= 15 is 0 Å². The third kappa shape index (κ3) is 2.90. The van der Waals surface area contributed by atoms with Crippen molar-refractivity contribution in [2.24, 2.45) is 7.05 Å². The Hall–Kier alpha value is -2.71. The van der Waals surface area contributed by atoms with Crippen molar-refractivity contribution >= 4 is 26.7 Å². The van der Waals surface area contributed by atoms with Crippen LogP contribution in [-0.2, 0) is 20.1 Å².